The molecule has 1 N–H and O–H groups in total. The van der Waals surface area contributed by atoms with Crippen molar-refractivity contribution in [1.29, 1.82) is 0 Å². The normalized spacial score (nSPS) is 15.2. The first kappa shape index (κ1) is 24.6. The number of carbonyl (C=O) groups is 3. The highest BCUT2D eigenvalue weighted by atomic mass is 32.2. The minimum atomic E-state index is -0.526. The maximum Gasteiger partial charge on any atom is 0.255 e. The van der Waals surface area contributed by atoms with Crippen LogP contribution in [0.3, 0.4) is 0 Å². The number of aryl methyl sites for hydroxylation is 1. The molecule has 1 atom stereocenters. The van der Waals surface area contributed by atoms with Gasteiger partial charge in [0.15, 0.2) is 5.58 Å². The van der Waals surface area contributed by atoms with Crippen LogP contribution in [0.25, 0.3) is 22.6 Å². The first-order valence-electron chi connectivity index (χ1n) is 12.4. The summed E-state index contributed by atoms with van der Waals surface area (Å²) in [7, 11) is 0. The van der Waals surface area contributed by atoms with E-state index in [-0.39, 0.29) is 24.1 Å². The molecule has 1 aliphatic heterocycles. The van der Waals surface area contributed by atoms with Gasteiger partial charge in [-0.3, -0.25) is 14.4 Å². The van der Waals surface area contributed by atoms with Crippen molar-refractivity contribution in [2.75, 3.05) is 10.2 Å². The number of nitrogens with one attached hydrogen (secondary N) is 1. The highest BCUT2D eigenvalue weighted by Crippen LogP contribution is 2.35. The van der Waals surface area contributed by atoms with E-state index in [1.165, 1.54) is 16.7 Å². The topological polar surface area (TPSA) is 92.5 Å². The largest absolute Gasteiger partial charge is 0.436 e. The summed E-state index contributed by atoms with van der Waals surface area (Å²) in [6.07, 6.45) is 0.113. The second-order valence-corrected chi connectivity index (χ2v) is 10.5. The molecule has 0 spiro atoms. The van der Waals surface area contributed by atoms with Gasteiger partial charge in [0.25, 0.3) is 5.91 Å². The number of amides is 3. The zero-order valence-electron chi connectivity index (χ0n) is 21.0. The van der Waals surface area contributed by atoms with Gasteiger partial charge in [-0.15, -0.1) is 11.8 Å². The molecule has 1 aromatic heterocycles. The number of hydrogen-bond acceptors (Lipinski definition) is 6. The molecule has 0 radical (unpaired) electrons. The predicted octanol–water partition coefficient (Wildman–Crippen LogP) is 6.48. The molecule has 0 aliphatic carbocycles. The molecule has 6 rings (SSSR count). The summed E-state index contributed by atoms with van der Waals surface area (Å²) in [6, 6.07) is 29.2. The fourth-order valence-corrected chi connectivity index (χ4v) is 5.46. The smallest absolute Gasteiger partial charge is 0.255 e. The highest BCUT2D eigenvalue weighted by Gasteiger charge is 2.40. The highest BCUT2D eigenvalue weighted by molar-refractivity contribution is 8.00. The summed E-state index contributed by atoms with van der Waals surface area (Å²) in [5.74, 6) is -0.205. The van der Waals surface area contributed by atoms with Crippen LogP contribution >= 0.6 is 11.8 Å². The van der Waals surface area contributed by atoms with E-state index in [1.807, 2.05) is 55.5 Å². The van der Waals surface area contributed by atoms with Gasteiger partial charge in [0.05, 0.1) is 10.9 Å². The molecule has 4 aromatic carbocycles. The molecule has 2 heterocycles. The molecule has 192 valence electrons. The van der Waals surface area contributed by atoms with Crippen molar-refractivity contribution < 1.29 is 18.8 Å². The SMILES string of the molecule is Cc1ccc(C(=O)Nc2ccc(SC3CC(=O)N(c4ccc(-c5nc6ccccc6o5)cc4)C3=O)cc2)cc1. The van der Waals surface area contributed by atoms with Crippen molar-refractivity contribution in [1.82, 2.24) is 4.98 Å². The number of carbonyl (C=O) groups excluding carboxylic acids is 3. The van der Waals surface area contributed by atoms with E-state index in [4.69, 9.17) is 4.42 Å². The second-order valence-electron chi connectivity index (χ2n) is 9.26. The van der Waals surface area contributed by atoms with Gasteiger partial charge in [-0.25, -0.2) is 9.88 Å². The third-order valence-corrected chi connectivity index (χ3v) is 7.67. The summed E-state index contributed by atoms with van der Waals surface area (Å²) in [5, 5.41) is 2.35. The number of anilines is 2. The molecule has 3 amide bonds. The Morgan fingerprint density at radius 1 is 0.923 bits per heavy atom. The van der Waals surface area contributed by atoms with Gasteiger partial charge in [0, 0.05) is 28.1 Å². The Morgan fingerprint density at radius 2 is 1.64 bits per heavy atom. The van der Waals surface area contributed by atoms with Crippen LogP contribution in [-0.4, -0.2) is 28.0 Å². The van der Waals surface area contributed by atoms with Gasteiger partial charge in [-0.2, -0.15) is 0 Å². The number of rotatable bonds is 6. The molecule has 8 heteroatoms. The van der Waals surface area contributed by atoms with E-state index in [1.54, 1.807) is 48.5 Å². The van der Waals surface area contributed by atoms with Crippen LogP contribution in [0.4, 0.5) is 11.4 Å². The van der Waals surface area contributed by atoms with Gasteiger partial charge < -0.3 is 9.73 Å². The predicted molar refractivity (Wildman–Crippen MR) is 152 cm³/mol. The molecule has 5 aromatic rings. The number of benzene rings is 4. The number of aromatic nitrogens is 1. The molecule has 1 aliphatic rings. The van der Waals surface area contributed by atoms with Crippen LogP contribution in [-0.2, 0) is 9.59 Å². The maximum atomic E-state index is 13.2. The van der Waals surface area contributed by atoms with E-state index < -0.39 is 5.25 Å². The fourth-order valence-electron chi connectivity index (χ4n) is 4.41. The van der Waals surface area contributed by atoms with E-state index >= 15 is 0 Å². The number of nitrogens with zero attached hydrogens (tertiary/aromatic N) is 2. The molecule has 1 fully saturated rings. The van der Waals surface area contributed by atoms with Crippen molar-refractivity contribution >= 4 is 52.0 Å². The third kappa shape index (κ3) is 5.06. The molecule has 39 heavy (non-hydrogen) atoms. The Morgan fingerprint density at radius 3 is 2.36 bits per heavy atom. The minimum Gasteiger partial charge on any atom is -0.436 e. The molecule has 7 nitrogen and oxygen atoms in total. The summed E-state index contributed by atoms with van der Waals surface area (Å²) in [6.45, 7) is 1.97. The molecule has 0 bridgehead atoms. The third-order valence-electron chi connectivity index (χ3n) is 6.48. The summed E-state index contributed by atoms with van der Waals surface area (Å²) in [5.41, 5.74) is 5.06. The van der Waals surface area contributed by atoms with E-state index in [0.717, 1.165) is 21.5 Å². The molecule has 0 saturated carbocycles. The molecular weight excluding hydrogens is 510 g/mol. The number of imide groups is 1. The van der Waals surface area contributed by atoms with Crippen molar-refractivity contribution in [2.45, 2.75) is 23.5 Å². The molecule has 1 saturated heterocycles. The zero-order chi connectivity index (χ0) is 26.9. The lowest BCUT2D eigenvalue weighted by atomic mass is 10.1. The van der Waals surface area contributed by atoms with Gasteiger partial charge in [-0.1, -0.05) is 29.8 Å². The van der Waals surface area contributed by atoms with Crippen LogP contribution in [0.15, 0.2) is 106 Å². The Kier molecular flexibility index (Phi) is 6.46. The van der Waals surface area contributed by atoms with E-state index in [0.29, 0.717) is 28.4 Å². The molecular formula is C31H23N3O4S. The van der Waals surface area contributed by atoms with Gasteiger partial charge in [-0.05, 0) is 79.7 Å². The Balaban J connectivity index is 1.11. The number of hydrogen-bond donors (Lipinski definition) is 1. The quantitative estimate of drug-likeness (QED) is 0.251. The van der Waals surface area contributed by atoms with Crippen molar-refractivity contribution in [3.05, 3.63) is 108 Å². The average Bonchev–Trinajstić information content (AvgIpc) is 3.50. The monoisotopic (exact) mass is 533 g/mol. The lowest BCUT2D eigenvalue weighted by Crippen LogP contribution is -2.31. The number of thioether (sulfide) groups is 1. The summed E-state index contributed by atoms with van der Waals surface area (Å²) < 4.78 is 5.82. The Hall–Kier alpha value is -4.69. The van der Waals surface area contributed by atoms with Crippen molar-refractivity contribution in [3.63, 3.8) is 0 Å². The van der Waals surface area contributed by atoms with Gasteiger partial charge in [0.2, 0.25) is 17.7 Å². The van der Waals surface area contributed by atoms with Crippen LogP contribution in [0.1, 0.15) is 22.3 Å². The number of fused-ring (bicyclic) bond motifs is 1. The first-order valence-corrected chi connectivity index (χ1v) is 13.3. The van der Waals surface area contributed by atoms with E-state index in [9.17, 15) is 14.4 Å². The Labute approximate surface area is 228 Å². The maximum absolute atomic E-state index is 13.2. The van der Waals surface area contributed by atoms with E-state index in [2.05, 4.69) is 10.3 Å². The van der Waals surface area contributed by atoms with Crippen molar-refractivity contribution in [2.24, 2.45) is 0 Å². The molecule has 1 unspecified atom stereocenters. The zero-order valence-corrected chi connectivity index (χ0v) is 21.8. The second kappa shape index (κ2) is 10.2. The fraction of sp³-hybridized carbons (Fsp3) is 0.0968. The van der Waals surface area contributed by atoms with Crippen molar-refractivity contribution in [3.8, 4) is 11.5 Å². The van der Waals surface area contributed by atoms with Gasteiger partial charge >= 0.3 is 0 Å². The lowest BCUT2D eigenvalue weighted by molar-refractivity contribution is -0.121. The van der Waals surface area contributed by atoms with Crippen LogP contribution < -0.4 is 10.2 Å². The van der Waals surface area contributed by atoms with Crippen LogP contribution in [0.5, 0.6) is 0 Å². The summed E-state index contributed by atoms with van der Waals surface area (Å²) >= 11 is 1.34. The first-order chi connectivity index (χ1) is 18.9. The average molecular weight is 534 g/mol. The lowest BCUT2D eigenvalue weighted by Gasteiger charge is -2.15. The van der Waals surface area contributed by atoms with Crippen LogP contribution in [0, 0.1) is 6.92 Å². The summed E-state index contributed by atoms with van der Waals surface area (Å²) in [4.78, 5) is 45.0. The number of para-hydroxylation sites is 2. The van der Waals surface area contributed by atoms with Gasteiger partial charge in [0.1, 0.15) is 5.52 Å². The standard InChI is InChI=1S/C31H23N3O4S/c1-19-6-8-20(9-7-19)29(36)32-22-12-16-24(17-13-22)39-27-18-28(35)34(31(27)37)23-14-10-21(11-15-23)30-33-25-4-2-3-5-26(25)38-30/h2-17,27H,18H2,1H3,(H,32,36). The number of oxazole rings is 1. The minimum absolute atomic E-state index is 0.113. The van der Waals surface area contributed by atoms with Crippen LogP contribution in [0.2, 0.25) is 0 Å². The Bertz CT molecular complexity index is 1660.